The highest BCUT2D eigenvalue weighted by Gasteiger charge is 2.17. The summed E-state index contributed by atoms with van der Waals surface area (Å²) in [5, 5.41) is 0.893. The Morgan fingerprint density at radius 2 is 1.78 bits per heavy atom. The van der Waals surface area contributed by atoms with Crippen molar-refractivity contribution in [3.8, 4) is 0 Å². The summed E-state index contributed by atoms with van der Waals surface area (Å²) < 4.78 is 1.72. The molecule has 0 spiro atoms. The number of amides is 1. The molecule has 3 aromatic rings. The fraction of sp³-hybridized carbons (Fsp3) is 0.273. The molecule has 0 unspecified atom stereocenters. The minimum absolute atomic E-state index is 0.0374. The van der Waals surface area contributed by atoms with Crippen LogP contribution in [0.15, 0.2) is 53.3 Å². The first-order valence-corrected chi connectivity index (χ1v) is 9.03. The molecule has 5 heteroatoms. The second-order valence-electron chi connectivity index (χ2n) is 6.94. The fourth-order valence-corrected chi connectivity index (χ4v) is 3.34. The van der Waals surface area contributed by atoms with Gasteiger partial charge >= 0.3 is 0 Å². The molecule has 0 aliphatic heterocycles. The Morgan fingerprint density at radius 3 is 2.41 bits per heavy atom. The molecule has 0 N–H and O–H groups in total. The Balaban J connectivity index is 2.13. The highest BCUT2D eigenvalue weighted by atomic mass is 16.2. The summed E-state index contributed by atoms with van der Waals surface area (Å²) in [6, 6.07) is 15.0. The van der Waals surface area contributed by atoms with Crippen molar-refractivity contribution < 1.29 is 4.79 Å². The number of rotatable bonds is 4. The Bertz CT molecular complexity index is 1070. The van der Waals surface area contributed by atoms with Crippen molar-refractivity contribution in [3.05, 3.63) is 70.0 Å². The smallest absolute Gasteiger partial charge is 0.258 e. The third-order valence-electron chi connectivity index (χ3n) is 4.83. The van der Waals surface area contributed by atoms with Gasteiger partial charge in [0.2, 0.25) is 0 Å². The number of carbonyl (C=O) groups is 1. The van der Waals surface area contributed by atoms with Crippen molar-refractivity contribution in [2.24, 2.45) is 0 Å². The summed E-state index contributed by atoms with van der Waals surface area (Å²) in [5.41, 5.74) is 4.16. The van der Waals surface area contributed by atoms with Gasteiger partial charge < -0.3 is 14.4 Å². The fourth-order valence-electron chi connectivity index (χ4n) is 3.34. The average molecular weight is 363 g/mol. The van der Waals surface area contributed by atoms with E-state index in [1.165, 1.54) is 0 Å². The lowest BCUT2D eigenvalue weighted by atomic mass is 10.1. The Kier molecular flexibility index (Phi) is 5.04. The summed E-state index contributed by atoms with van der Waals surface area (Å²) in [6.45, 7) is 4.53. The zero-order valence-electron chi connectivity index (χ0n) is 16.5. The van der Waals surface area contributed by atoms with Crippen LogP contribution in [0, 0.1) is 6.92 Å². The van der Waals surface area contributed by atoms with E-state index < -0.39 is 0 Å². The van der Waals surface area contributed by atoms with Crippen molar-refractivity contribution in [2.45, 2.75) is 20.4 Å². The van der Waals surface area contributed by atoms with Crippen molar-refractivity contribution >= 4 is 28.2 Å². The summed E-state index contributed by atoms with van der Waals surface area (Å²) in [5.74, 6) is -0.0820. The van der Waals surface area contributed by atoms with E-state index in [9.17, 15) is 9.59 Å². The van der Waals surface area contributed by atoms with E-state index in [-0.39, 0.29) is 11.5 Å². The maximum atomic E-state index is 13.0. The van der Waals surface area contributed by atoms with E-state index >= 15 is 0 Å². The van der Waals surface area contributed by atoms with Gasteiger partial charge in [-0.2, -0.15) is 0 Å². The molecule has 2 aromatic carbocycles. The molecule has 1 aromatic heterocycles. The largest absolute Gasteiger partial charge is 0.377 e. The lowest BCUT2D eigenvalue weighted by molar-refractivity contribution is 0.0993. The minimum atomic E-state index is -0.0820. The van der Waals surface area contributed by atoms with Crippen molar-refractivity contribution in [2.75, 3.05) is 30.9 Å². The first kappa shape index (κ1) is 18.7. The normalized spacial score (nSPS) is 10.9. The predicted octanol–water partition coefficient (Wildman–Crippen LogP) is 3.67. The lowest BCUT2D eigenvalue weighted by Crippen LogP contribution is -2.27. The highest BCUT2D eigenvalue weighted by Crippen LogP contribution is 2.26. The van der Waals surface area contributed by atoms with Crippen LogP contribution in [0.25, 0.3) is 10.9 Å². The molecule has 0 fully saturated rings. The molecule has 3 rings (SSSR count). The standard InChI is InChI=1S/C22H25N3O2/c1-6-25-19-11-10-16(13-18(19)20(23(3)4)14-21(25)26)22(27)24(5)17-9-7-8-15(2)12-17/h7-14H,6H2,1-5H3. The van der Waals surface area contributed by atoms with Crippen LogP contribution in [0.1, 0.15) is 22.8 Å². The number of aryl methyl sites for hydroxylation is 2. The van der Waals surface area contributed by atoms with Crippen LogP contribution in [0.2, 0.25) is 0 Å². The molecule has 1 heterocycles. The Labute approximate surface area is 159 Å². The summed E-state index contributed by atoms with van der Waals surface area (Å²) in [6.07, 6.45) is 0. The SMILES string of the molecule is CCn1c(=O)cc(N(C)C)c2cc(C(=O)N(C)c3cccc(C)c3)ccc21. The van der Waals surface area contributed by atoms with Gasteiger partial charge in [0.15, 0.2) is 0 Å². The molecule has 5 nitrogen and oxygen atoms in total. The van der Waals surface area contributed by atoms with Gasteiger partial charge in [0.1, 0.15) is 0 Å². The van der Waals surface area contributed by atoms with Crippen molar-refractivity contribution in [3.63, 3.8) is 0 Å². The van der Waals surface area contributed by atoms with Gasteiger partial charge in [-0.1, -0.05) is 12.1 Å². The Morgan fingerprint density at radius 1 is 1.04 bits per heavy atom. The molecule has 27 heavy (non-hydrogen) atoms. The van der Waals surface area contributed by atoms with Gasteiger partial charge in [0.25, 0.3) is 11.5 Å². The van der Waals surface area contributed by atoms with E-state index in [1.54, 1.807) is 28.6 Å². The molecule has 0 saturated carbocycles. The number of fused-ring (bicyclic) bond motifs is 1. The Hall–Kier alpha value is -3.08. The van der Waals surface area contributed by atoms with Gasteiger partial charge in [-0.05, 0) is 49.7 Å². The molecule has 140 valence electrons. The number of nitrogens with zero attached hydrogens (tertiary/aromatic N) is 3. The van der Waals surface area contributed by atoms with Gasteiger partial charge in [-0.3, -0.25) is 9.59 Å². The van der Waals surface area contributed by atoms with E-state index in [0.29, 0.717) is 12.1 Å². The van der Waals surface area contributed by atoms with Gasteiger partial charge in [0, 0.05) is 50.4 Å². The maximum absolute atomic E-state index is 13.0. The van der Waals surface area contributed by atoms with E-state index in [0.717, 1.165) is 27.8 Å². The number of hydrogen-bond donors (Lipinski definition) is 0. The van der Waals surface area contributed by atoms with E-state index in [2.05, 4.69) is 0 Å². The zero-order chi connectivity index (χ0) is 19.7. The monoisotopic (exact) mass is 363 g/mol. The molecule has 0 radical (unpaired) electrons. The first-order chi connectivity index (χ1) is 12.8. The molecule has 0 aliphatic rings. The molecular weight excluding hydrogens is 338 g/mol. The van der Waals surface area contributed by atoms with Crippen LogP contribution in [0.3, 0.4) is 0 Å². The molecule has 0 atom stereocenters. The van der Waals surface area contributed by atoms with Gasteiger partial charge in [-0.25, -0.2) is 0 Å². The maximum Gasteiger partial charge on any atom is 0.258 e. The van der Waals surface area contributed by atoms with Gasteiger partial charge in [0.05, 0.1) is 11.2 Å². The highest BCUT2D eigenvalue weighted by molar-refractivity contribution is 6.08. The minimum Gasteiger partial charge on any atom is -0.377 e. The number of anilines is 2. The van der Waals surface area contributed by atoms with Crippen LogP contribution in [0.4, 0.5) is 11.4 Å². The van der Waals surface area contributed by atoms with Crippen LogP contribution < -0.4 is 15.4 Å². The van der Waals surface area contributed by atoms with Crippen LogP contribution in [-0.4, -0.2) is 31.6 Å². The van der Waals surface area contributed by atoms with E-state index in [4.69, 9.17) is 0 Å². The molecule has 0 bridgehead atoms. The summed E-state index contributed by atoms with van der Waals surface area (Å²) in [7, 11) is 5.58. The van der Waals surface area contributed by atoms with E-state index in [1.807, 2.05) is 69.2 Å². The zero-order valence-corrected chi connectivity index (χ0v) is 16.5. The topological polar surface area (TPSA) is 45.6 Å². The van der Waals surface area contributed by atoms with Crippen LogP contribution in [-0.2, 0) is 6.54 Å². The van der Waals surface area contributed by atoms with Crippen molar-refractivity contribution in [1.29, 1.82) is 0 Å². The molecule has 1 amide bonds. The first-order valence-electron chi connectivity index (χ1n) is 9.03. The summed E-state index contributed by atoms with van der Waals surface area (Å²) >= 11 is 0. The van der Waals surface area contributed by atoms with Crippen molar-refractivity contribution in [1.82, 2.24) is 4.57 Å². The number of aromatic nitrogens is 1. The third-order valence-corrected chi connectivity index (χ3v) is 4.83. The summed E-state index contributed by atoms with van der Waals surface area (Å²) in [4.78, 5) is 29.0. The molecule has 0 aliphatic carbocycles. The quantitative estimate of drug-likeness (QED) is 0.710. The number of pyridine rings is 1. The predicted molar refractivity (Wildman–Crippen MR) is 112 cm³/mol. The second-order valence-corrected chi connectivity index (χ2v) is 6.94. The van der Waals surface area contributed by atoms with Crippen LogP contribution in [0.5, 0.6) is 0 Å². The molecular formula is C22H25N3O2. The average Bonchev–Trinajstić information content (AvgIpc) is 2.65. The van der Waals surface area contributed by atoms with Crippen LogP contribution >= 0.6 is 0 Å². The second kappa shape index (κ2) is 7.27. The third kappa shape index (κ3) is 3.45. The number of hydrogen-bond acceptors (Lipinski definition) is 3. The lowest BCUT2D eigenvalue weighted by Gasteiger charge is -2.21. The number of carbonyl (C=O) groups excluding carboxylic acids is 1. The van der Waals surface area contributed by atoms with Gasteiger partial charge in [-0.15, -0.1) is 0 Å². The number of benzene rings is 2. The molecule has 0 saturated heterocycles.